The van der Waals surface area contributed by atoms with Gasteiger partial charge in [0.05, 0.1) is 6.04 Å². The fourth-order valence-electron chi connectivity index (χ4n) is 2.30. The zero-order valence-electron chi connectivity index (χ0n) is 12.8. The molecule has 1 aromatic carbocycles. The van der Waals surface area contributed by atoms with Gasteiger partial charge in [-0.25, -0.2) is 0 Å². The summed E-state index contributed by atoms with van der Waals surface area (Å²) in [5.41, 5.74) is 1.16. The number of aromatic nitrogens is 1. The number of amides is 2. The number of hydrogen-bond donors (Lipinski definition) is 3. The van der Waals surface area contributed by atoms with Crippen molar-refractivity contribution >= 4 is 22.7 Å². The smallest absolute Gasteiger partial charge is 0.245 e. The van der Waals surface area contributed by atoms with Crippen LogP contribution < -0.4 is 10.6 Å². The van der Waals surface area contributed by atoms with Crippen molar-refractivity contribution in [1.82, 2.24) is 15.6 Å². The highest BCUT2D eigenvalue weighted by Crippen LogP contribution is 2.20. The van der Waals surface area contributed by atoms with E-state index in [0.29, 0.717) is 0 Å². The van der Waals surface area contributed by atoms with E-state index < -0.39 is 5.54 Å². The van der Waals surface area contributed by atoms with Gasteiger partial charge in [-0.1, -0.05) is 6.07 Å². The zero-order chi connectivity index (χ0) is 15.6. The second kappa shape index (κ2) is 5.60. The third-order valence-electron chi connectivity index (χ3n) is 3.48. The first-order valence-electron chi connectivity index (χ1n) is 6.96. The maximum Gasteiger partial charge on any atom is 0.245 e. The van der Waals surface area contributed by atoms with E-state index in [4.69, 9.17) is 0 Å². The van der Waals surface area contributed by atoms with Gasteiger partial charge in [0, 0.05) is 18.6 Å². The Balaban J connectivity index is 2.11. The molecule has 0 aliphatic rings. The van der Waals surface area contributed by atoms with Crippen LogP contribution in [-0.2, 0) is 9.59 Å². The van der Waals surface area contributed by atoms with Crippen molar-refractivity contribution in [1.29, 1.82) is 0 Å². The minimum Gasteiger partial charge on any atom is -0.361 e. The molecule has 5 heteroatoms. The van der Waals surface area contributed by atoms with Crippen molar-refractivity contribution in [3.05, 3.63) is 36.0 Å². The molecule has 2 rings (SSSR count). The molecule has 21 heavy (non-hydrogen) atoms. The maximum atomic E-state index is 12.3. The normalized spacial score (nSPS) is 13.0. The summed E-state index contributed by atoms with van der Waals surface area (Å²) in [7, 11) is 0. The standard InChI is InChI=1S/C16H21N3O2/c1-10(18-15(21)16(3,4)19-11(2)20)12-5-6-14-13(9-12)7-8-17-14/h5-10,17H,1-4H3,(H,18,21)(H,19,20)/t10-/m1/s1. The summed E-state index contributed by atoms with van der Waals surface area (Å²) in [5.74, 6) is -0.434. The Labute approximate surface area is 124 Å². The molecule has 2 aromatic rings. The molecule has 1 atom stereocenters. The van der Waals surface area contributed by atoms with Crippen molar-refractivity contribution < 1.29 is 9.59 Å². The van der Waals surface area contributed by atoms with E-state index in [-0.39, 0.29) is 17.9 Å². The molecule has 2 amide bonds. The second-order valence-corrected chi connectivity index (χ2v) is 5.83. The Hall–Kier alpha value is -2.30. The Morgan fingerprint density at radius 1 is 1.24 bits per heavy atom. The van der Waals surface area contributed by atoms with Gasteiger partial charge in [-0.15, -0.1) is 0 Å². The van der Waals surface area contributed by atoms with Crippen molar-refractivity contribution in [2.24, 2.45) is 0 Å². The number of rotatable bonds is 4. The molecule has 0 saturated heterocycles. The summed E-state index contributed by atoms with van der Waals surface area (Å²) in [6, 6.07) is 7.88. The summed E-state index contributed by atoms with van der Waals surface area (Å²) in [6.45, 7) is 6.70. The van der Waals surface area contributed by atoms with Gasteiger partial charge in [0.15, 0.2) is 0 Å². The van der Waals surface area contributed by atoms with Crippen molar-refractivity contribution in [2.75, 3.05) is 0 Å². The van der Waals surface area contributed by atoms with Crippen LogP contribution in [0.15, 0.2) is 30.5 Å². The fourth-order valence-corrected chi connectivity index (χ4v) is 2.30. The summed E-state index contributed by atoms with van der Waals surface area (Å²) in [4.78, 5) is 26.5. The van der Waals surface area contributed by atoms with Crippen LogP contribution in [0.5, 0.6) is 0 Å². The molecular weight excluding hydrogens is 266 g/mol. The Morgan fingerprint density at radius 2 is 1.95 bits per heavy atom. The lowest BCUT2D eigenvalue weighted by atomic mass is 10.0. The van der Waals surface area contributed by atoms with Crippen molar-refractivity contribution in [3.63, 3.8) is 0 Å². The summed E-state index contributed by atoms with van der Waals surface area (Å²) >= 11 is 0. The number of carbonyl (C=O) groups is 2. The minimum atomic E-state index is -0.932. The zero-order valence-corrected chi connectivity index (χ0v) is 12.8. The van der Waals surface area contributed by atoms with Gasteiger partial charge in [-0.3, -0.25) is 9.59 Å². The maximum absolute atomic E-state index is 12.3. The third-order valence-corrected chi connectivity index (χ3v) is 3.48. The lowest BCUT2D eigenvalue weighted by Gasteiger charge is -2.26. The predicted molar refractivity (Wildman–Crippen MR) is 82.8 cm³/mol. The van der Waals surface area contributed by atoms with E-state index in [1.165, 1.54) is 6.92 Å². The molecule has 1 aromatic heterocycles. The fraction of sp³-hybridized carbons (Fsp3) is 0.375. The largest absolute Gasteiger partial charge is 0.361 e. The highest BCUT2D eigenvalue weighted by molar-refractivity contribution is 5.90. The molecule has 0 aliphatic heterocycles. The van der Waals surface area contributed by atoms with E-state index in [1.54, 1.807) is 13.8 Å². The molecule has 112 valence electrons. The monoisotopic (exact) mass is 287 g/mol. The van der Waals surface area contributed by atoms with Crippen LogP contribution >= 0.6 is 0 Å². The van der Waals surface area contributed by atoms with Crippen LogP contribution in [-0.4, -0.2) is 22.3 Å². The molecule has 1 heterocycles. The second-order valence-electron chi connectivity index (χ2n) is 5.83. The number of H-pyrrole nitrogens is 1. The van der Waals surface area contributed by atoms with E-state index in [1.807, 2.05) is 37.4 Å². The van der Waals surface area contributed by atoms with Gasteiger partial charge >= 0.3 is 0 Å². The first-order valence-corrected chi connectivity index (χ1v) is 6.96. The van der Waals surface area contributed by atoms with Crippen LogP contribution in [0.4, 0.5) is 0 Å². The van der Waals surface area contributed by atoms with Crippen LogP contribution in [0, 0.1) is 0 Å². The number of hydrogen-bond acceptors (Lipinski definition) is 2. The SMILES string of the molecule is CC(=O)NC(C)(C)C(=O)N[C@H](C)c1ccc2[nH]ccc2c1. The summed E-state index contributed by atoms with van der Waals surface area (Å²) < 4.78 is 0. The van der Waals surface area contributed by atoms with Crippen LogP contribution in [0.1, 0.15) is 39.3 Å². The van der Waals surface area contributed by atoms with E-state index in [9.17, 15) is 9.59 Å². The predicted octanol–water partition coefficient (Wildman–Crippen LogP) is 2.26. The van der Waals surface area contributed by atoms with E-state index >= 15 is 0 Å². The quantitative estimate of drug-likeness (QED) is 0.807. The summed E-state index contributed by atoms with van der Waals surface area (Å²) in [5, 5.41) is 6.69. The van der Waals surface area contributed by atoms with Crippen LogP contribution in [0.2, 0.25) is 0 Å². The van der Waals surface area contributed by atoms with Crippen LogP contribution in [0.3, 0.4) is 0 Å². The first kappa shape index (κ1) is 15.1. The Bertz CT molecular complexity index is 673. The molecule has 3 N–H and O–H groups in total. The molecule has 0 radical (unpaired) electrons. The van der Waals surface area contributed by atoms with Crippen LogP contribution in [0.25, 0.3) is 10.9 Å². The van der Waals surface area contributed by atoms with Crippen molar-refractivity contribution in [3.8, 4) is 0 Å². The van der Waals surface area contributed by atoms with E-state index in [0.717, 1.165) is 16.5 Å². The average Bonchev–Trinajstić information content (AvgIpc) is 2.83. The van der Waals surface area contributed by atoms with Gasteiger partial charge in [0.1, 0.15) is 5.54 Å². The van der Waals surface area contributed by atoms with Gasteiger partial charge in [0.2, 0.25) is 11.8 Å². The molecule has 5 nitrogen and oxygen atoms in total. The number of aromatic amines is 1. The lowest BCUT2D eigenvalue weighted by molar-refractivity contribution is -0.132. The number of benzene rings is 1. The minimum absolute atomic E-state index is 0.134. The Kier molecular flexibility index (Phi) is 4.02. The molecular formula is C16H21N3O2. The molecule has 0 unspecified atom stereocenters. The third kappa shape index (κ3) is 3.42. The molecule has 0 bridgehead atoms. The van der Waals surface area contributed by atoms with Gasteiger partial charge in [-0.2, -0.15) is 0 Å². The highest BCUT2D eigenvalue weighted by atomic mass is 16.2. The van der Waals surface area contributed by atoms with Gasteiger partial charge in [0.25, 0.3) is 0 Å². The molecule has 0 saturated carbocycles. The molecule has 0 aliphatic carbocycles. The molecule has 0 spiro atoms. The number of fused-ring (bicyclic) bond motifs is 1. The number of nitrogens with one attached hydrogen (secondary N) is 3. The van der Waals surface area contributed by atoms with Crippen molar-refractivity contribution in [2.45, 2.75) is 39.3 Å². The average molecular weight is 287 g/mol. The highest BCUT2D eigenvalue weighted by Gasteiger charge is 2.29. The lowest BCUT2D eigenvalue weighted by Crippen LogP contribution is -2.54. The first-order chi connectivity index (χ1) is 9.79. The Morgan fingerprint density at radius 3 is 2.62 bits per heavy atom. The topological polar surface area (TPSA) is 74.0 Å². The summed E-state index contributed by atoms with van der Waals surface area (Å²) in [6.07, 6.45) is 1.89. The number of carbonyl (C=O) groups excluding carboxylic acids is 2. The van der Waals surface area contributed by atoms with E-state index in [2.05, 4.69) is 15.6 Å². The van der Waals surface area contributed by atoms with Gasteiger partial charge < -0.3 is 15.6 Å². The van der Waals surface area contributed by atoms with Gasteiger partial charge in [-0.05, 0) is 49.9 Å². The molecule has 0 fully saturated rings.